The van der Waals surface area contributed by atoms with E-state index in [0.29, 0.717) is 19.1 Å². The smallest absolute Gasteiger partial charge is 0.315 e. The van der Waals surface area contributed by atoms with E-state index in [1.807, 2.05) is 13.0 Å². The van der Waals surface area contributed by atoms with Crippen LogP contribution in [0, 0.1) is 0 Å². The molecule has 2 aliphatic rings. The molecule has 0 unspecified atom stereocenters. The van der Waals surface area contributed by atoms with Crippen molar-refractivity contribution in [1.82, 2.24) is 10.6 Å². The van der Waals surface area contributed by atoms with E-state index in [9.17, 15) is 4.79 Å². The van der Waals surface area contributed by atoms with Crippen LogP contribution in [0.2, 0.25) is 0 Å². The van der Waals surface area contributed by atoms with Crippen molar-refractivity contribution in [3.63, 3.8) is 0 Å². The Hall–Kier alpha value is -1.59. The molecule has 0 aromatic heterocycles. The molecule has 3 rings (SSSR count). The van der Waals surface area contributed by atoms with E-state index in [1.165, 1.54) is 5.56 Å². The molecule has 1 heterocycles. The van der Waals surface area contributed by atoms with Crippen LogP contribution in [0.4, 0.5) is 4.79 Å². The summed E-state index contributed by atoms with van der Waals surface area (Å²) in [6.07, 6.45) is 4.45. The van der Waals surface area contributed by atoms with Crippen LogP contribution in [0.3, 0.4) is 0 Å². The molecule has 1 saturated carbocycles. The Balaban J connectivity index is 1.43. The fourth-order valence-electron chi connectivity index (χ4n) is 3.63. The molecule has 1 aromatic carbocycles. The van der Waals surface area contributed by atoms with Crippen molar-refractivity contribution in [2.75, 3.05) is 19.8 Å². The molecule has 5 nitrogen and oxygen atoms in total. The molecule has 5 heteroatoms. The first-order chi connectivity index (χ1) is 11.7. The van der Waals surface area contributed by atoms with Crippen molar-refractivity contribution >= 4 is 6.03 Å². The Morgan fingerprint density at radius 2 is 2.12 bits per heavy atom. The molecule has 0 bridgehead atoms. The van der Waals surface area contributed by atoms with E-state index in [2.05, 4.69) is 34.9 Å². The summed E-state index contributed by atoms with van der Waals surface area (Å²) in [5.41, 5.74) is 1.32. The molecule has 1 saturated heterocycles. The fraction of sp³-hybridized carbons (Fsp3) is 0.632. The van der Waals surface area contributed by atoms with Gasteiger partial charge in [-0.3, -0.25) is 0 Å². The maximum Gasteiger partial charge on any atom is 0.315 e. The number of carbonyl (C=O) groups is 1. The fourth-order valence-corrected chi connectivity index (χ4v) is 3.63. The second kappa shape index (κ2) is 8.49. The highest BCUT2D eigenvalue weighted by atomic mass is 16.5. The summed E-state index contributed by atoms with van der Waals surface area (Å²) in [4.78, 5) is 12.3. The molecular weight excluding hydrogens is 304 g/mol. The molecule has 2 fully saturated rings. The Kier molecular flexibility index (Phi) is 6.10. The summed E-state index contributed by atoms with van der Waals surface area (Å²) in [7, 11) is 0. The summed E-state index contributed by atoms with van der Waals surface area (Å²) in [5.74, 6) is 0.416. The highest BCUT2D eigenvalue weighted by Crippen LogP contribution is 2.34. The average molecular weight is 332 g/mol. The molecule has 1 aromatic rings. The predicted molar refractivity (Wildman–Crippen MR) is 93.1 cm³/mol. The Bertz CT molecular complexity index is 517. The number of carbonyl (C=O) groups excluding carboxylic acids is 1. The lowest BCUT2D eigenvalue weighted by Gasteiger charge is -2.23. The Morgan fingerprint density at radius 1 is 1.29 bits per heavy atom. The van der Waals surface area contributed by atoms with Gasteiger partial charge in [0.1, 0.15) is 0 Å². The van der Waals surface area contributed by atoms with Crippen molar-refractivity contribution in [1.29, 1.82) is 0 Å². The summed E-state index contributed by atoms with van der Waals surface area (Å²) < 4.78 is 11.0. The second-order valence-electron chi connectivity index (χ2n) is 6.89. The van der Waals surface area contributed by atoms with Crippen LogP contribution in [-0.2, 0) is 9.47 Å². The first kappa shape index (κ1) is 17.2. The highest BCUT2D eigenvalue weighted by Gasteiger charge is 2.30. The molecule has 0 spiro atoms. The lowest BCUT2D eigenvalue weighted by Crippen LogP contribution is -2.47. The van der Waals surface area contributed by atoms with Crippen LogP contribution >= 0.6 is 0 Å². The van der Waals surface area contributed by atoms with Crippen molar-refractivity contribution in [3.8, 4) is 0 Å². The molecule has 1 aliphatic carbocycles. The summed E-state index contributed by atoms with van der Waals surface area (Å²) in [6.45, 7) is 3.93. The average Bonchev–Trinajstić information content (AvgIpc) is 3.25. The molecule has 1 aliphatic heterocycles. The van der Waals surface area contributed by atoms with Gasteiger partial charge in [-0.1, -0.05) is 36.8 Å². The van der Waals surface area contributed by atoms with E-state index >= 15 is 0 Å². The predicted octanol–water partition coefficient (Wildman–Crippen LogP) is 2.82. The van der Waals surface area contributed by atoms with Crippen molar-refractivity contribution in [2.45, 2.75) is 56.7 Å². The van der Waals surface area contributed by atoms with Gasteiger partial charge in [0.25, 0.3) is 0 Å². The minimum atomic E-state index is -0.0957. The summed E-state index contributed by atoms with van der Waals surface area (Å²) in [6, 6.07) is 10.6. The number of rotatable bonds is 6. The maximum absolute atomic E-state index is 12.3. The SMILES string of the molecule is C[C@@H](CO[C@H]1CCOC1)NC(=O)N[C@@H]1CCC[C@H]1c1ccccc1. The topological polar surface area (TPSA) is 59.6 Å². The van der Waals surface area contributed by atoms with Crippen molar-refractivity contribution in [3.05, 3.63) is 35.9 Å². The first-order valence-electron chi connectivity index (χ1n) is 9.03. The van der Waals surface area contributed by atoms with Crippen LogP contribution in [0.5, 0.6) is 0 Å². The van der Waals surface area contributed by atoms with Gasteiger partial charge in [0, 0.05) is 18.6 Å². The number of benzene rings is 1. The van der Waals surface area contributed by atoms with E-state index in [4.69, 9.17) is 9.47 Å². The quantitative estimate of drug-likeness (QED) is 0.842. The normalized spacial score (nSPS) is 27.8. The van der Waals surface area contributed by atoms with Crippen LogP contribution < -0.4 is 10.6 Å². The molecule has 2 N–H and O–H groups in total. The largest absolute Gasteiger partial charge is 0.379 e. The maximum atomic E-state index is 12.3. The van der Waals surface area contributed by atoms with E-state index in [0.717, 1.165) is 32.3 Å². The molecular formula is C19H28N2O3. The third kappa shape index (κ3) is 4.71. The molecule has 24 heavy (non-hydrogen) atoms. The number of hydrogen-bond acceptors (Lipinski definition) is 3. The van der Waals surface area contributed by atoms with E-state index in [-0.39, 0.29) is 24.2 Å². The van der Waals surface area contributed by atoms with Crippen LogP contribution in [0.25, 0.3) is 0 Å². The zero-order valence-electron chi connectivity index (χ0n) is 14.4. The third-order valence-corrected chi connectivity index (χ3v) is 4.91. The standard InChI is InChI=1S/C19H28N2O3/c1-14(12-24-16-10-11-23-13-16)20-19(22)21-18-9-5-8-17(18)15-6-3-2-4-7-15/h2-4,6-7,14,16-18H,5,8-13H2,1H3,(H2,20,21,22)/t14-,16-,17-,18+/m0/s1. The van der Waals surface area contributed by atoms with Gasteiger partial charge >= 0.3 is 6.03 Å². The Morgan fingerprint density at radius 3 is 2.88 bits per heavy atom. The van der Waals surface area contributed by atoms with Crippen molar-refractivity contribution < 1.29 is 14.3 Å². The lowest BCUT2D eigenvalue weighted by molar-refractivity contribution is 0.0337. The second-order valence-corrected chi connectivity index (χ2v) is 6.89. The molecule has 4 atom stereocenters. The van der Waals surface area contributed by atoms with Gasteiger partial charge in [-0.15, -0.1) is 0 Å². The van der Waals surface area contributed by atoms with Gasteiger partial charge in [-0.05, 0) is 31.7 Å². The van der Waals surface area contributed by atoms with E-state index in [1.54, 1.807) is 0 Å². The monoisotopic (exact) mass is 332 g/mol. The van der Waals surface area contributed by atoms with Crippen LogP contribution in [-0.4, -0.2) is 44.0 Å². The molecule has 2 amide bonds. The van der Waals surface area contributed by atoms with Gasteiger partial charge in [-0.25, -0.2) is 4.79 Å². The number of ether oxygens (including phenoxy) is 2. The minimum Gasteiger partial charge on any atom is -0.379 e. The number of nitrogens with one attached hydrogen (secondary N) is 2. The number of amides is 2. The molecule has 0 radical (unpaired) electrons. The van der Waals surface area contributed by atoms with Crippen molar-refractivity contribution in [2.24, 2.45) is 0 Å². The third-order valence-electron chi connectivity index (χ3n) is 4.91. The zero-order chi connectivity index (χ0) is 16.8. The van der Waals surface area contributed by atoms with Gasteiger partial charge < -0.3 is 20.1 Å². The molecule has 132 valence electrons. The lowest BCUT2D eigenvalue weighted by atomic mass is 9.94. The highest BCUT2D eigenvalue weighted by molar-refractivity contribution is 5.74. The summed E-state index contributed by atoms with van der Waals surface area (Å²) in [5, 5.41) is 6.14. The Labute approximate surface area is 144 Å². The summed E-state index contributed by atoms with van der Waals surface area (Å²) >= 11 is 0. The number of hydrogen-bond donors (Lipinski definition) is 2. The zero-order valence-corrected chi connectivity index (χ0v) is 14.4. The minimum absolute atomic E-state index is 0.0119. The number of urea groups is 1. The van der Waals surface area contributed by atoms with Gasteiger partial charge in [0.2, 0.25) is 0 Å². The van der Waals surface area contributed by atoms with Crippen LogP contribution in [0.1, 0.15) is 44.1 Å². The van der Waals surface area contributed by atoms with Crippen LogP contribution in [0.15, 0.2) is 30.3 Å². The van der Waals surface area contributed by atoms with E-state index < -0.39 is 0 Å². The van der Waals surface area contributed by atoms with Gasteiger partial charge in [0.05, 0.1) is 25.4 Å². The van der Waals surface area contributed by atoms with Gasteiger partial charge in [0.15, 0.2) is 0 Å². The van der Waals surface area contributed by atoms with Gasteiger partial charge in [-0.2, -0.15) is 0 Å². The first-order valence-corrected chi connectivity index (χ1v) is 9.03.